The minimum atomic E-state index is -4.39. The topological polar surface area (TPSA) is 142 Å². The van der Waals surface area contributed by atoms with E-state index < -0.39 is 26.0 Å². The normalized spacial score (nSPS) is 11.9. The number of carbonyl (C=O) groups excluding carboxylic acids is 2. The van der Waals surface area contributed by atoms with E-state index in [1.807, 2.05) is 20.8 Å². The van der Waals surface area contributed by atoms with Gasteiger partial charge in [-0.2, -0.15) is 0 Å². The molecule has 0 saturated heterocycles. The number of rotatable bonds is 13. The number of amides is 2. The molecule has 3 N–H and O–H groups in total. The third kappa shape index (κ3) is 9.64. The maximum Gasteiger partial charge on any atom is 0.265 e. The minimum absolute atomic E-state index is 0.0202. The molecule has 248 valence electrons. The van der Waals surface area contributed by atoms with Crippen LogP contribution in [0.1, 0.15) is 43.1 Å². The molecule has 0 spiro atoms. The molecule has 4 aromatic carbocycles. The molecule has 0 aliphatic carbocycles. The Kier molecular flexibility index (Phi) is 11.5. The van der Waals surface area contributed by atoms with Gasteiger partial charge >= 0.3 is 0 Å². The van der Waals surface area contributed by atoms with Crippen molar-refractivity contribution in [2.75, 3.05) is 22.7 Å². The van der Waals surface area contributed by atoms with Crippen LogP contribution in [0.15, 0.2) is 113 Å². The Morgan fingerprint density at radius 2 is 1.40 bits per heavy atom. The van der Waals surface area contributed by atoms with E-state index in [-0.39, 0.29) is 52.0 Å². The molecule has 0 saturated carbocycles. The minimum Gasteiger partial charge on any atom is -0.351 e. The van der Waals surface area contributed by atoms with E-state index in [0.29, 0.717) is 22.7 Å². The summed E-state index contributed by atoms with van der Waals surface area (Å²) in [7, 11) is -8.36. The molecule has 4 aromatic rings. The lowest BCUT2D eigenvalue weighted by atomic mass is 10.0. The fraction of sp³-hybridized carbons (Fsp3) is 0.235. The maximum absolute atomic E-state index is 14.2. The molecule has 4 rings (SSSR count). The summed E-state index contributed by atoms with van der Waals surface area (Å²) in [5.74, 6) is -0.793. The van der Waals surface area contributed by atoms with Crippen LogP contribution in [-0.4, -0.2) is 47.3 Å². The van der Waals surface area contributed by atoms with Gasteiger partial charge in [0.05, 0.1) is 16.1 Å². The molecule has 0 aliphatic rings. The fourth-order valence-corrected chi connectivity index (χ4v) is 7.54. The molecule has 0 atom stereocenters. The van der Waals surface area contributed by atoms with Crippen LogP contribution < -0.4 is 19.7 Å². The highest BCUT2D eigenvalue weighted by molar-refractivity contribution is 7.93. The van der Waals surface area contributed by atoms with Crippen molar-refractivity contribution in [3.8, 4) is 0 Å². The second kappa shape index (κ2) is 15.1. The van der Waals surface area contributed by atoms with Crippen LogP contribution in [0.25, 0.3) is 0 Å². The van der Waals surface area contributed by atoms with E-state index in [9.17, 15) is 26.4 Å². The van der Waals surface area contributed by atoms with E-state index in [1.165, 1.54) is 42.5 Å². The van der Waals surface area contributed by atoms with Crippen LogP contribution in [0.5, 0.6) is 0 Å². The van der Waals surface area contributed by atoms with Gasteiger partial charge in [0, 0.05) is 35.8 Å². The number of benzene rings is 4. The first kappa shape index (κ1) is 35.6. The number of sulfonamides is 2. The van der Waals surface area contributed by atoms with Gasteiger partial charge in [0.15, 0.2) is 0 Å². The quantitative estimate of drug-likeness (QED) is 0.166. The average molecular weight is 697 g/mol. The van der Waals surface area contributed by atoms with Gasteiger partial charge in [-0.25, -0.2) is 21.6 Å². The molecule has 0 fully saturated rings. The number of nitrogens with one attached hydrogen (secondary N) is 3. The maximum atomic E-state index is 14.2. The number of nitrogens with zero attached hydrogens (tertiary/aromatic N) is 1. The summed E-state index contributed by atoms with van der Waals surface area (Å²) in [5.41, 5.74) is 0.964. The van der Waals surface area contributed by atoms with Gasteiger partial charge in [-0.05, 0) is 87.4 Å². The van der Waals surface area contributed by atoms with Crippen LogP contribution in [-0.2, 0) is 31.3 Å². The van der Waals surface area contributed by atoms with Crippen molar-refractivity contribution in [2.24, 2.45) is 0 Å². The van der Waals surface area contributed by atoms with E-state index >= 15 is 0 Å². The Morgan fingerprint density at radius 3 is 2.09 bits per heavy atom. The average Bonchev–Trinajstić information content (AvgIpc) is 3.02. The summed E-state index contributed by atoms with van der Waals surface area (Å²) in [6.45, 7) is 5.15. The van der Waals surface area contributed by atoms with E-state index in [0.717, 1.165) is 4.31 Å². The summed E-state index contributed by atoms with van der Waals surface area (Å²) in [5, 5.41) is 6.11. The van der Waals surface area contributed by atoms with Crippen molar-refractivity contribution in [3.05, 3.63) is 119 Å². The van der Waals surface area contributed by atoms with Gasteiger partial charge in [0.25, 0.3) is 15.9 Å². The van der Waals surface area contributed by atoms with Gasteiger partial charge in [-0.15, -0.1) is 0 Å². The Morgan fingerprint density at radius 1 is 0.787 bits per heavy atom. The summed E-state index contributed by atoms with van der Waals surface area (Å²) in [4.78, 5) is 25.8. The first-order valence-corrected chi connectivity index (χ1v) is 18.1. The number of para-hydroxylation sites is 2. The Hall–Kier alpha value is -4.23. The molecule has 2 amide bonds. The zero-order valence-corrected chi connectivity index (χ0v) is 28.6. The standard InChI is InChI=1S/C34H37ClN4O6S2/c1-34(2,3)38-32(40)22-17-25-11-7-9-15-30(25)37-33(41)29-14-8-10-16-31(29)47(44,45)39(27-12-5-4-6-13-27)24-23-36-46(42,43)28-20-18-26(35)19-21-28/h4-16,18-21,36H,17,22-24H2,1-3H3,(H,37,41)(H,38,40). The molecule has 0 aromatic heterocycles. The zero-order valence-electron chi connectivity index (χ0n) is 26.2. The van der Waals surface area contributed by atoms with Crippen molar-refractivity contribution >= 4 is 54.8 Å². The van der Waals surface area contributed by atoms with Crippen LogP contribution in [0.2, 0.25) is 5.02 Å². The van der Waals surface area contributed by atoms with Crippen molar-refractivity contribution in [1.82, 2.24) is 10.0 Å². The monoisotopic (exact) mass is 696 g/mol. The summed E-state index contributed by atoms with van der Waals surface area (Å²) < 4.78 is 57.7. The van der Waals surface area contributed by atoms with E-state index in [2.05, 4.69) is 15.4 Å². The Bertz CT molecular complexity index is 1930. The summed E-state index contributed by atoms with van der Waals surface area (Å²) in [6.07, 6.45) is 0.551. The second-order valence-corrected chi connectivity index (χ2v) is 15.7. The molecule has 0 heterocycles. The van der Waals surface area contributed by atoms with Crippen molar-refractivity contribution in [1.29, 1.82) is 0 Å². The molecule has 10 nitrogen and oxygen atoms in total. The molecule has 0 aliphatic heterocycles. The summed E-state index contributed by atoms with van der Waals surface area (Å²) in [6, 6.07) is 26.6. The lowest BCUT2D eigenvalue weighted by Gasteiger charge is -2.26. The SMILES string of the molecule is CC(C)(C)NC(=O)CCc1ccccc1NC(=O)c1ccccc1S(=O)(=O)N(CCNS(=O)(=O)c1ccc(Cl)cc1)c1ccccc1. The molecule has 0 unspecified atom stereocenters. The van der Waals surface area contributed by atoms with E-state index in [4.69, 9.17) is 11.6 Å². The number of hydrogen-bond donors (Lipinski definition) is 3. The van der Waals surface area contributed by atoms with Gasteiger partial charge < -0.3 is 10.6 Å². The van der Waals surface area contributed by atoms with Crippen LogP contribution in [0, 0.1) is 0 Å². The van der Waals surface area contributed by atoms with Crippen LogP contribution >= 0.6 is 11.6 Å². The lowest BCUT2D eigenvalue weighted by Crippen LogP contribution is -2.40. The molecular formula is C34H37ClN4O6S2. The number of aryl methyl sites for hydroxylation is 1. The number of hydrogen-bond acceptors (Lipinski definition) is 6. The number of halogens is 1. The van der Waals surface area contributed by atoms with Crippen LogP contribution in [0.3, 0.4) is 0 Å². The first-order chi connectivity index (χ1) is 22.2. The second-order valence-electron chi connectivity index (χ2n) is 11.7. The largest absolute Gasteiger partial charge is 0.351 e. The third-order valence-electron chi connectivity index (χ3n) is 6.88. The first-order valence-electron chi connectivity index (χ1n) is 14.8. The highest BCUT2D eigenvalue weighted by Gasteiger charge is 2.30. The molecule has 0 bridgehead atoms. The number of anilines is 2. The highest BCUT2D eigenvalue weighted by Crippen LogP contribution is 2.27. The zero-order chi connectivity index (χ0) is 34.2. The van der Waals surface area contributed by atoms with E-state index in [1.54, 1.807) is 60.7 Å². The smallest absolute Gasteiger partial charge is 0.265 e. The van der Waals surface area contributed by atoms with Crippen molar-refractivity contribution < 1.29 is 26.4 Å². The highest BCUT2D eigenvalue weighted by atomic mass is 35.5. The predicted octanol–water partition coefficient (Wildman–Crippen LogP) is 5.61. The third-order valence-corrected chi connectivity index (χ3v) is 10.5. The molecule has 0 radical (unpaired) electrons. The Balaban J connectivity index is 1.58. The van der Waals surface area contributed by atoms with Crippen molar-refractivity contribution in [2.45, 2.75) is 48.9 Å². The number of carbonyl (C=O) groups is 2. The molecular weight excluding hydrogens is 660 g/mol. The molecule has 13 heteroatoms. The summed E-state index contributed by atoms with van der Waals surface area (Å²) >= 11 is 5.88. The van der Waals surface area contributed by atoms with Gasteiger partial charge in [0.1, 0.15) is 4.90 Å². The van der Waals surface area contributed by atoms with Gasteiger partial charge in [-0.3, -0.25) is 13.9 Å². The van der Waals surface area contributed by atoms with Gasteiger partial charge in [-0.1, -0.05) is 60.1 Å². The van der Waals surface area contributed by atoms with Crippen LogP contribution in [0.4, 0.5) is 11.4 Å². The Labute approximate surface area is 281 Å². The fourth-order valence-electron chi connectivity index (χ4n) is 4.74. The van der Waals surface area contributed by atoms with Crippen molar-refractivity contribution in [3.63, 3.8) is 0 Å². The van der Waals surface area contributed by atoms with Gasteiger partial charge in [0.2, 0.25) is 15.9 Å². The lowest BCUT2D eigenvalue weighted by molar-refractivity contribution is -0.122. The predicted molar refractivity (Wildman–Crippen MR) is 185 cm³/mol. The molecule has 47 heavy (non-hydrogen) atoms.